The number of aryl methyl sites for hydroxylation is 1. The fourth-order valence-electron chi connectivity index (χ4n) is 4.06. The molecule has 4 aromatic rings. The highest BCUT2D eigenvalue weighted by molar-refractivity contribution is 5.89. The molecule has 126 valence electrons. The average Bonchev–Trinajstić information content (AvgIpc) is 3.04. The minimum absolute atomic E-state index is 0.912. The maximum Gasteiger partial charge on any atom is 0.0491 e. The number of benzene rings is 3. The molecule has 0 aliphatic heterocycles. The Morgan fingerprint density at radius 1 is 0.731 bits per heavy atom. The molecule has 0 atom stereocenters. The van der Waals surface area contributed by atoms with Crippen LogP contribution < -0.4 is 0 Å². The van der Waals surface area contributed by atoms with Gasteiger partial charge in [-0.3, -0.25) is 0 Å². The zero-order chi connectivity index (χ0) is 17.3. The van der Waals surface area contributed by atoms with Gasteiger partial charge in [0.25, 0.3) is 0 Å². The highest BCUT2D eigenvalue weighted by Gasteiger charge is 2.16. The lowest BCUT2D eigenvalue weighted by Gasteiger charge is -2.12. The summed E-state index contributed by atoms with van der Waals surface area (Å²) in [4.78, 5) is 0. The first-order chi connectivity index (χ1) is 12.9. The predicted octanol–water partition coefficient (Wildman–Crippen LogP) is 6.32. The van der Waals surface area contributed by atoms with Gasteiger partial charge in [-0.1, -0.05) is 78.9 Å². The van der Waals surface area contributed by atoms with Crippen LogP contribution in [-0.2, 0) is 13.0 Å². The topological polar surface area (TPSA) is 4.93 Å². The predicted molar refractivity (Wildman–Crippen MR) is 110 cm³/mol. The van der Waals surface area contributed by atoms with Crippen molar-refractivity contribution in [1.82, 2.24) is 4.57 Å². The molecule has 1 heterocycles. The molecule has 26 heavy (non-hydrogen) atoms. The first-order valence-corrected chi connectivity index (χ1v) is 9.31. The molecule has 0 unspecified atom stereocenters. The van der Waals surface area contributed by atoms with Gasteiger partial charge in [0.1, 0.15) is 0 Å². The fraction of sp³-hybridized carbons (Fsp3) is 0.120. The number of rotatable bonds is 3. The van der Waals surface area contributed by atoms with E-state index in [9.17, 15) is 0 Å². The van der Waals surface area contributed by atoms with Gasteiger partial charge in [-0.25, -0.2) is 0 Å². The molecule has 0 bridgehead atoms. The third-order valence-corrected chi connectivity index (χ3v) is 5.36. The minimum atomic E-state index is 0.912. The number of para-hydroxylation sites is 1. The lowest BCUT2D eigenvalue weighted by Crippen LogP contribution is -2.04. The van der Waals surface area contributed by atoms with Crippen molar-refractivity contribution >= 4 is 17.0 Å². The van der Waals surface area contributed by atoms with Crippen LogP contribution in [0.4, 0.5) is 0 Å². The van der Waals surface area contributed by atoms with E-state index < -0.39 is 0 Å². The maximum atomic E-state index is 2.47. The molecule has 0 fully saturated rings. The van der Waals surface area contributed by atoms with E-state index in [0.29, 0.717) is 0 Å². The standard InChI is InChI=1S/C25H21N/c1-2-8-20(9-3-1)21-16-14-19(15-17-21)18-26-24-12-6-4-10-22(24)23-11-5-7-13-25(23)26/h1-4,6-10,12-17H,5,11,18H2. The van der Waals surface area contributed by atoms with Crippen LogP contribution in [0.2, 0.25) is 0 Å². The highest BCUT2D eigenvalue weighted by Crippen LogP contribution is 2.32. The summed E-state index contributed by atoms with van der Waals surface area (Å²) >= 11 is 0. The summed E-state index contributed by atoms with van der Waals surface area (Å²) in [5.74, 6) is 0. The number of hydrogen-bond acceptors (Lipinski definition) is 0. The SMILES string of the molecule is C1=Cc2c(c3ccccc3n2Cc2ccc(-c3ccccc3)cc2)CC1. The van der Waals surface area contributed by atoms with Crippen molar-refractivity contribution in [3.8, 4) is 11.1 Å². The quantitative estimate of drug-likeness (QED) is 0.413. The Labute approximate surface area is 154 Å². The van der Waals surface area contributed by atoms with Crippen molar-refractivity contribution in [3.63, 3.8) is 0 Å². The van der Waals surface area contributed by atoms with Gasteiger partial charge in [0.05, 0.1) is 0 Å². The van der Waals surface area contributed by atoms with Crippen molar-refractivity contribution in [2.24, 2.45) is 0 Å². The summed E-state index contributed by atoms with van der Waals surface area (Å²) in [7, 11) is 0. The summed E-state index contributed by atoms with van der Waals surface area (Å²) in [5.41, 5.74) is 8.11. The van der Waals surface area contributed by atoms with E-state index in [1.807, 2.05) is 0 Å². The number of aromatic nitrogens is 1. The third kappa shape index (κ3) is 2.57. The Kier molecular flexibility index (Phi) is 3.71. The van der Waals surface area contributed by atoms with Crippen LogP contribution in [0.15, 0.2) is 84.9 Å². The number of hydrogen-bond donors (Lipinski definition) is 0. The van der Waals surface area contributed by atoms with Gasteiger partial charge in [0.15, 0.2) is 0 Å². The molecule has 1 aliphatic rings. The van der Waals surface area contributed by atoms with Crippen LogP contribution >= 0.6 is 0 Å². The van der Waals surface area contributed by atoms with Crippen molar-refractivity contribution in [2.75, 3.05) is 0 Å². The van der Waals surface area contributed by atoms with Crippen molar-refractivity contribution in [1.29, 1.82) is 0 Å². The van der Waals surface area contributed by atoms with Crippen molar-refractivity contribution < 1.29 is 0 Å². The molecule has 0 saturated carbocycles. The molecule has 1 nitrogen and oxygen atoms in total. The lowest BCUT2D eigenvalue weighted by atomic mass is 10.0. The first kappa shape index (κ1) is 15.2. The summed E-state index contributed by atoms with van der Waals surface area (Å²) < 4.78 is 2.47. The molecular formula is C25H21N. The minimum Gasteiger partial charge on any atom is -0.336 e. The van der Waals surface area contributed by atoms with E-state index >= 15 is 0 Å². The Hall–Kier alpha value is -3.06. The molecule has 0 N–H and O–H groups in total. The summed E-state index contributed by atoms with van der Waals surface area (Å²) in [6.07, 6.45) is 6.90. The first-order valence-electron chi connectivity index (χ1n) is 9.31. The van der Waals surface area contributed by atoms with E-state index in [-0.39, 0.29) is 0 Å². The number of fused-ring (bicyclic) bond motifs is 3. The Bertz CT molecular complexity index is 1080. The van der Waals surface area contributed by atoms with Gasteiger partial charge in [-0.2, -0.15) is 0 Å². The van der Waals surface area contributed by atoms with Crippen molar-refractivity contribution in [3.05, 3.63) is 102 Å². The molecule has 0 spiro atoms. The second-order valence-electron chi connectivity index (χ2n) is 6.97. The van der Waals surface area contributed by atoms with Crippen LogP contribution in [0.5, 0.6) is 0 Å². The highest BCUT2D eigenvalue weighted by atomic mass is 15.0. The van der Waals surface area contributed by atoms with E-state index in [1.54, 1.807) is 0 Å². The third-order valence-electron chi connectivity index (χ3n) is 5.36. The fourth-order valence-corrected chi connectivity index (χ4v) is 4.06. The Morgan fingerprint density at radius 2 is 1.46 bits per heavy atom. The molecule has 1 heteroatoms. The van der Waals surface area contributed by atoms with Gasteiger partial charge in [-0.05, 0) is 47.2 Å². The summed E-state index contributed by atoms with van der Waals surface area (Å²) in [6, 6.07) is 28.4. The van der Waals surface area contributed by atoms with E-state index in [1.165, 1.54) is 38.9 Å². The van der Waals surface area contributed by atoms with Crippen LogP contribution in [0.1, 0.15) is 23.2 Å². The molecule has 3 aromatic carbocycles. The van der Waals surface area contributed by atoms with Gasteiger partial charge >= 0.3 is 0 Å². The second kappa shape index (κ2) is 6.34. The average molecular weight is 335 g/mol. The Balaban J connectivity index is 1.53. The van der Waals surface area contributed by atoms with Gasteiger partial charge < -0.3 is 4.57 Å². The molecule has 5 rings (SSSR count). The van der Waals surface area contributed by atoms with E-state index in [4.69, 9.17) is 0 Å². The summed E-state index contributed by atoms with van der Waals surface area (Å²) in [5, 5.41) is 1.41. The second-order valence-corrected chi connectivity index (χ2v) is 6.97. The normalized spacial score (nSPS) is 13.1. The van der Waals surface area contributed by atoms with Crippen LogP contribution in [0.3, 0.4) is 0 Å². The summed E-state index contributed by atoms with van der Waals surface area (Å²) in [6.45, 7) is 0.912. The molecular weight excluding hydrogens is 314 g/mol. The number of nitrogens with zero attached hydrogens (tertiary/aromatic N) is 1. The lowest BCUT2D eigenvalue weighted by molar-refractivity contribution is 0.812. The van der Waals surface area contributed by atoms with E-state index in [2.05, 4.69) is 95.6 Å². The van der Waals surface area contributed by atoms with Gasteiger partial charge in [0.2, 0.25) is 0 Å². The van der Waals surface area contributed by atoms with Crippen LogP contribution in [0.25, 0.3) is 28.1 Å². The Morgan fingerprint density at radius 3 is 2.31 bits per heavy atom. The van der Waals surface area contributed by atoms with Gasteiger partial charge in [0, 0.05) is 23.1 Å². The zero-order valence-electron chi connectivity index (χ0n) is 14.7. The van der Waals surface area contributed by atoms with Crippen LogP contribution in [0, 0.1) is 0 Å². The monoisotopic (exact) mass is 335 g/mol. The molecule has 1 aliphatic carbocycles. The van der Waals surface area contributed by atoms with Crippen molar-refractivity contribution in [2.45, 2.75) is 19.4 Å². The molecule has 0 radical (unpaired) electrons. The number of allylic oxidation sites excluding steroid dienone is 1. The van der Waals surface area contributed by atoms with E-state index in [0.717, 1.165) is 19.4 Å². The zero-order valence-corrected chi connectivity index (χ0v) is 14.7. The molecule has 0 saturated heterocycles. The smallest absolute Gasteiger partial charge is 0.0491 e. The maximum absolute atomic E-state index is 2.47. The largest absolute Gasteiger partial charge is 0.336 e. The van der Waals surface area contributed by atoms with Crippen LogP contribution in [-0.4, -0.2) is 4.57 Å². The molecule has 1 aromatic heterocycles. The molecule has 0 amide bonds. The van der Waals surface area contributed by atoms with Gasteiger partial charge in [-0.15, -0.1) is 0 Å².